The van der Waals surface area contributed by atoms with Crippen molar-refractivity contribution in [1.29, 1.82) is 0 Å². The second kappa shape index (κ2) is 6.06. The molecular weight excluding hydrogens is 302 g/mol. The largest absolute Gasteiger partial charge is 0.496 e. The van der Waals surface area contributed by atoms with Crippen molar-refractivity contribution >= 4 is 21.9 Å². The van der Waals surface area contributed by atoms with Crippen molar-refractivity contribution in [3.05, 3.63) is 21.7 Å². The molecule has 18 heavy (non-hydrogen) atoms. The minimum atomic E-state index is -0.962. The van der Waals surface area contributed by atoms with Gasteiger partial charge in [0.1, 0.15) is 11.5 Å². The van der Waals surface area contributed by atoms with Gasteiger partial charge in [-0.05, 0) is 34.5 Å². The Bertz CT molecular complexity index is 462. The normalized spacial score (nSPS) is 12.1. The van der Waals surface area contributed by atoms with Crippen LogP contribution in [0, 0.1) is 6.92 Å². The number of hydrogen-bond donors (Lipinski definition) is 2. The van der Waals surface area contributed by atoms with E-state index in [1.165, 1.54) is 7.11 Å². The van der Waals surface area contributed by atoms with Crippen molar-refractivity contribution in [1.82, 2.24) is 0 Å². The van der Waals surface area contributed by atoms with Gasteiger partial charge in [-0.15, -0.1) is 0 Å². The number of methoxy groups -OCH3 is 2. The average molecular weight is 318 g/mol. The molecule has 0 saturated heterocycles. The zero-order chi connectivity index (χ0) is 13.9. The van der Waals surface area contributed by atoms with Crippen LogP contribution < -0.4 is 15.2 Å². The number of aliphatic carboxylic acids is 1. The summed E-state index contributed by atoms with van der Waals surface area (Å²) in [5, 5.41) is 8.81. The highest BCUT2D eigenvalue weighted by molar-refractivity contribution is 9.10. The lowest BCUT2D eigenvalue weighted by molar-refractivity contribution is -0.137. The Morgan fingerprint density at radius 2 is 2.11 bits per heavy atom. The van der Waals surface area contributed by atoms with Gasteiger partial charge in [0.15, 0.2) is 0 Å². The maximum Gasteiger partial charge on any atom is 0.305 e. The lowest BCUT2D eigenvalue weighted by atomic mass is 10.0. The van der Waals surface area contributed by atoms with E-state index in [4.69, 9.17) is 20.3 Å². The first-order chi connectivity index (χ1) is 8.42. The van der Waals surface area contributed by atoms with Gasteiger partial charge in [0.05, 0.1) is 25.1 Å². The summed E-state index contributed by atoms with van der Waals surface area (Å²) in [6.07, 6.45) is -0.179. The lowest BCUT2D eigenvalue weighted by Gasteiger charge is -2.19. The van der Waals surface area contributed by atoms with Gasteiger partial charge >= 0.3 is 5.97 Å². The summed E-state index contributed by atoms with van der Waals surface area (Å²) in [6.45, 7) is 1.87. The number of benzene rings is 1. The van der Waals surface area contributed by atoms with Crippen LogP contribution in [0.15, 0.2) is 10.5 Å². The molecule has 0 amide bonds. The molecule has 1 aromatic carbocycles. The molecule has 3 N–H and O–H groups in total. The third kappa shape index (κ3) is 2.94. The van der Waals surface area contributed by atoms with Crippen LogP contribution in [-0.2, 0) is 4.79 Å². The van der Waals surface area contributed by atoms with Crippen molar-refractivity contribution < 1.29 is 19.4 Å². The van der Waals surface area contributed by atoms with Crippen molar-refractivity contribution in [3.63, 3.8) is 0 Å². The van der Waals surface area contributed by atoms with Crippen LogP contribution >= 0.6 is 15.9 Å². The smallest absolute Gasteiger partial charge is 0.305 e. The fraction of sp³-hybridized carbons (Fsp3) is 0.417. The minimum absolute atomic E-state index is 0.179. The van der Waals surface area contributed by atoms with E-state index in [1.54, 1.807) is 13.2 Å². The van der Waals surface area contributed by atoms with Gasteiger partial charge in [0, 0.05) is 11.6 Å². The van der Waals surface area contributed by atoms with Crippen molar-refractivity contribution in [3.8, 4) is 11.5 Å². The second-order valence-corrected chi connectivity index (χ2v) is 4.65. The molecule has 1 unspecified atom stereocenters. The van der Waals surface area contributed by atoms with Crippen LogP contribution in [0.1, 0.15) is 23.6 Å². The molecule has 0 aliphatic rings. The van der Waals surface area contributed by atoms with E-state index in [2.05, 4.69) is 15.9 Å². The molecule has 0 radical (unpaired) electrons. The highest BCUT2D eigenvalue weighted by atomic mass is 79.9. The monoisotopic (exact) mass is 317 g/mol. The third-order valence-corrected chi connectivity index (χ3v) is 3.38. The molecule has 0 heterocycles. The Labute approximate surface area is 114 Å². The number of ether oxygens (including phenoxy) is 2. The van der Waals surface area contributed by atoms with E-state index in [1.807, 2.05) is 6.92 Å². The van der Waals surface area contributed by atoms with E-state index in [9.17, 15) is 4.79 Å². The Hall–Kier alpha value is -1.27. The molecule has 0 aliphatic carbocycles. The summed E-state index contributed by atoms with van der Waals surface area (Å²) in [6, 6.07) is 1.11. The zero-order valence-electron chi connectivity index (χ0n) is 10.5. The number of carboxylic acid groups (broad SMARTS) is 1. The number of halogens is 1. The van der Waals surface area contributed by atoms with Gasteiger partial charge in [-0.2, -0.15) is 0 Å². The van der Waals surface area contributed by atoms with E-state index in [0.29, 0.717) is 21.5 Å². The van der Waals surface area contributed by atoms with Crippen LogP contribution in [0.5, 0.6) is 11.5 Å². The maximum atomic E-state index is 10.7. The molecule has 0 bridgehead atoms. The molecule has 0 aliphatic heterocycles. The second-order valence-electron chi connectivity index (χ2n) is 3.86. The SMILES string of the molecule is COc1cc(C)c(OC)c(Br)c1C(N)CC(=O)O. The van der Waals surface area contributed by atoms with Gasteiger partial charge < -0.3 is 20.3 Å². The fourth-order valence-electron chi connectivity index (χ4n) is 1.80. The quantitative estimate of drug-likeness (QED) is 0.870. The predicted molar refractivity (Wildman–Crippen MR) is 71.2 cm³/mol. The standard InChI is InChI=1S/C12H16BrNO4/c1-6-4-8(17-2)10(7(14)5-9(15)16)11(13)12(6)18-3/h4,7H,5,14H2,1-3H3,(H,15,16). The summed E-state index contributed by atoms with van der Waals surface area (Å²) < 4.78 is 11.2. The van der Waals surface area contributed by atoms with E-state index >= 15 is 0 Å². The summed E-state index contributed by atoms with van der Waals surface area (Å²) in [7, 11) is 3.07. The summed E-state index contributed by atoms with van der Waals surface area (Å²) >= 11 is 3.40. The van der Waals surface area contributed by atoms with Gasteiger partial charge in [-0.3, -0.25) is 4.79 Å². The fourth-order valence-corrected chi connectivity index (χ4v) is 2.76. The van der Waals surface area contributed by atoms with Gasteiger partial charge in [0.2, 0.25) is 0 Å². The Morgan fingerprint density at radius 3 is 2.56 bits per heavy atom. The van der Waals surface area contributed by atoms with Crippen LogP contribution in [-0.4, -0.2) is 25.3 Å². The van der Waals surface area contributed by atoms with E-state index in [0.717, 1.165) is 5.56 Å². The molecule has 0 aromatic heterocycles. The molecule has 1 atom stereocenters. The number of aryl methyl sites for hydroxylation is 1. The first-order valence-corrected chi connectivity index (χ1v) is 6.10. The van der Waals surface area contributed by atoms with Crippen LogP contribution in [0.4, 0.5) is 0 Å². The summed E-state index contributed by atoms with van der Waals surface area (Å²) in [5.74, 6) is 0.219. The van der Waals surface area contributed by atoms with Gasteiger partial charge in [0.25, 0.3) is 0 Å². The zero-order valence-corrected chi connectivity index (χ0v) is 12.1. The highest BCUT2D eigenvalue weighted by Crippen LogP contribution is 2.41. The number of carboxylic acids is 1. The minimum Gasteiger partial charge on any atom is -0.496 e. The van der Waals surface area contributed by atoms with Crippen LogP contribution in [0.3, 0.4) is 0 Å². The molecule has 0 spiro atoms. The molecule has 100 valence electrons. The topological polar surface area (TPSA) is 81.8 Å². The first-order valence-electron chi connectivity index (χ1n) is 5.30. The van der Waals surface area contributed by atoms with Gasteiger partial charge in [-0.25, -0.2) is 0 Å². The molecule has 6 heteroatoms. The van der Waals surface area contributed by atoms with Crippen molar-refractivity contribution in [2.24, 2.45) is 5.73 Å². The summed E-state index contributed by atoms with van der Waals surface area (Å²) in [4.78, 5) is 10.7. The molecule has 1 rings (SSSR count). The number of carbonyl (C=O) groups is 1. The molecular formula is C12H16BrNO4. The first kappa shape index (κ1) is 14.8. The van der Waals surface area contributed by atoms with Crippen LogP contribution in [0.25, 0.3) is 0 Å². The Kier molecular flexibility index (Phi) is 4.98. The molecule has 0 saturated carbocycles. The van der Waals surface area contributed by atoms with E-state index in [-0.39, 0.29) is 6.42 Å². The lowest BCUT2D eigenvalue weighted by Crippen LogP contribution is -2.17. The Balaban J connectivity index is 3.35. The Morgan fingerprint density at radius 1 is 1.50 bits per heavy atom. The molecule has 1 aromatic rings. The average Bonchev–Trinajstić information content (AvgIpc) is 2.27. The molecule has 5 nitrogen and oxygen atoms in total. The van der Waals surface area contributed by atoms with Crippen molar-refractivity contribution in [2.75, 3.05) is 14.2 Å². The summed E-state index contributed by atoms with van der Waals surface area (Å²) in [5.41, 5.74) is 7.38. The maximum absolute atomic E-state index is 10.7. The molecule has 0 fully saturated rings. The van der Waals surface area contributed by atoms with Gasteiger partial charge in [-0.1, -0.05) is 0 Å². The highest BCUT2D eigenvalue weighted by Gasteiger charge is 2.22. The number of rotatable bonds is 5. The van der Waals surface area contributed by atoms with E-state index < -0.39 is 12.0 Å². The van der Waals surface area contributed by atoms with Crippen molar-refractivity contribution in [2.45, 2.75) is 19.4 Å². The third-order valence-electron chi connectivity index (χ3n) is 2.60. The number of nitrogens with two attached hydrogens (primary N) is 1. The predicted octanol–water partition coefficient (Wildman–Crippen LogP) is 2.25. The number of hydrogen-bond acceptors (Lipinski definition) is 4. The van der Waals surface area contributed by atoms with Crippen LogP contribution in [0.2, 0.25) is 0 Å².